The van der Waals surface area contributed by atoms with Gasteiger partial charge in [0.05, 0.1) is 24.0 Å². The monoisotopic (exact) mass is 475 g/mol. The summed E-state index contributed by atoms with van der Waals surface area (Å²) >= 11 is 0. The molecule has 0 spiro atoms. The zero-order valence-electron chi connectivity index (χ0n) is 19.8. The first-order valence-corrected chi connectivity index (χ1v) is 11.4. The van der Waals surface area contributed by atoms with Crippen LogP contribution in [0.4, 0.5) is 8.78 Å². The van der Waals surface area contributed by atoms with E-state index in [1.54, 1.807) is 53.6 Å². The maximum Gasteiger partial charge on any atom is 0.255 e. The van der Waals surface area contributed by atoms with E-state index in [4.69, 9.17) is 4.74 Å². The van der Waals surface area contributed by atoms with E-state index in [9.17, 15) is 9.18 Å². The molecule has 0 aliphatic heterocycles. The second kappa shape index (κ2) is 10.5. The van der Waals surface area contributed by atoms with Crippen LogP contribution < -0.4 is 10.1 Å². The van der Waals surface area contributed by atoms with Crippen LogP contribution in [-0.4, -0.2) is 21.6 Å². The molecule has 0 saturated heterocycles. The van der Waals surface area contributed by atoms with Gasteiger partial charge in [0.15, 0.2) is 0 Å². The van der Waals surface area contributed by atoms with Crippen molar-refractivity contribution in [3.8, 4) is 16.9 Å². The maximum absolute atomic E-state index is 15.4. The van der Waals surface area contributed by atoms with Crippen LogP contribution in [0.5, 0.6) is 5.75 Å². The maximum atomic E-state index is 15.4. The lowest BCUT2D eigenvalue weighted by molar-refractivity contribution is 0.0926. The average molecular weight is 476 g/mol. The van der Waals surface area contributed by atoms with Gasteiger partial charge < -0.3 is 14.6 Å². The van der Waals surface area contributed by atoms with Gasteiger partial charge in [-0.1, -0.05) is 30.3 Å². The molecular formula is C28H27F2N3O2. The number of hydrogen-bond donors (Lipinski definition) is 1. The van der Waals surface area contributed by atoms with Crippen LogP contribution in [0.2, 0.25) is 0 Å². The second-order valence-electron chi connectivity index (χ2n) is 8.69. The van der Waals surface area contributed by atoms with Gasteiger partial charge >= 0.3 is 0 Å². The number of nitrogens with zero attached hydrogens (tertiary/aromatic N) is 2. The summed E-state index contributed by atoms with van der Waals surface area (Å²) in [6, 6.07) is 15.4. The minimum atomic E-state index is -0.674. The lowest BCUT2D eigenvalue weighted by Gasteiger charge is -2.22. The Labute approximate surface area is 203 Å². The molecular weight excluding hydrogens is 448 g/mol. The first kappa shape index (κ1) is 24.1. The molecule has 4 rings (SSSR count). The minimum Gasteiger partial charge on any atom is -0.490 e. The first-order chi connectivity index (χ1) is 16.8. The van der Waals surface area contributed by atoms with Crippen LogP contribution in [0.25, 0.3) is 11.1 Å². The van der Waals surface area contributed by atoms with Gasteiger partial charge in [0, 0.05) is 24.5 Å². The van der Waals surface area contributed by atoms with E-state index >= 15 is 4.39 Å². The van der Waals surface area contributed by atoms with Crippen molar-refractivity contribution in [1.29, 1.82) is 0 Å². The number of carbonyl (C=O) groups is 1. The molecule has 1 heterocycles. The number of rotatable bonds is 8. The summed E-state index contributed by atoms with van der Waals surface area (Å²) in [7, 11) is 0. The summed E-state index contributed by atoms with van der Waals surface area (Å²) in [5.41, 5.74) is 2.99. The number of benzene rings is 3. The molecule has 1 unspecified atom stereocenters. The Morgan fingerprint density at radius 1 is 1.03 bits per heavy atom. The third kappa shape index (κ3) is 5.93. The Bertz CT molecular complexity index is 1300. The van der Waals surface area contributed by atoms with Crippen LogP contribution >= 0.6 is 0 Å². The summed E-state index contributed by atoms with van der Waals surface area (Å²) in [4.78, 5) is 17.4. The van der Waals surface area contributed by atoms with Crippen molar-refractivity contribution >= 4 is 5.91 Å². The minimum absolute atomic E-state index is 0.110. The van der Waals surface area contributed by atoms with Gasteiger partial charge in [-0.25, -0.2) is 13.8 Å². The van der Waals surface area contributed by atoms with Crippen molar-refractivity contribution in [2.24, 2.45) is 0 Å². The van der Waals surface area contributed by atoms with Crippen LogP contribution in [0.3, 0.4) is 0 Å². The fourth-order valence-corrected chi connectivity index (χ4v) is 3.86. The standard InChI is InChI=1S/C28H27F2N3O2/c1-18(2)35-27-14-19(3)4-10-24(27)28(34)32-26(16-33-13-12-31-17-33)23-11-7-21(15-25(23)30)20-5-8-22(29)9-6-20/h4-15,17-18,26H,16H2,1-3H3,(H,32,34). The van der Waals surface area contributed by atoms with Crippen LogP contribution in [-0.2, 0) is 6.54 Å². The molecule has 5 nitrogen and oxygen atoms in total. The number of amides is 1. The SMILES string of the molecule is Cc1ccc(C(=O)NC(Cn2ccnc2)c2ccc(-c3ccc(F)cc3)cc2F)c(OC(C)C)c1. The zero-order chi connectivity index (χ0) is 24.9. The molecule has 1 aromatic heterocycles. The Kier molecular flexibility index (Phi) is 7.25. The smallest absolute Gasteiger partial charge is 0.255 e. The Morgan fingerprint density at radius 2 is 1.77 bits per heavy atom. The molecule has 0 bridgehead atoms. The van der Waals surface area contributed by atoms with Crippen molar-refractivity contribution in [3.05, 3.63) is 108 Å². The van der Waals surface area contributed by atoms with Gasteiger partial charge in [-0.15, -0.1) is 0 Å². The Hall–Kier alpha value is -4.00. The Morgan fingerprint density at radius 3 is 2.43 bits per heavy atom. The zero-order valence-corrected chi connectivity index (χ0v) is 19.8. The van der Waals surface area contributed by atoms with E-state index in [0.29, 0.717) is 28.0 Å². The molecule has 1 atom stereocenters. The third-order valence-corrected chi connectivity index (χ3v) is 5.56. The summed E-state index contributed by atoms with van der Waals surface area (Å²) in [6.07, 6.45) is 4.88. The van der Waals surface area contributed by atoms with Gasteiger partial charge in [0.25, 0.3) is 5.91 Å². The number of nitrogens with one attached hydrogen (secondary N) is 1. The number of ether oxygens (including phenoxy) is 1. The fourth-order valence-electron chi connectivity index (χ4n) is 3.86. The molecule has 4 aromatic rings. The molecule has 3 aromatic carbocycles. The second-order valence-corrected chi connectivity index (χ2v) is 8.69. The highest BCUT2D eigenvalue weighted by molar-refractivity contribution is 5.97. The topological polar surface area (TPSA) is 56.2 Å². The highest BCUT2D eigenvalue weighted by Gasteiger charge is 2.22. The highest BCUT2D eigenvalue weighted by atomic mass is 19.1. The molecule has 0 aliphatic carbocycles. The number of halogens is 2. The highest BCUT2D eigenvalue weighted by Crippen LogP contribution is 2.28. The quantitative estimate of drug-likeness (QED) is 0.335. The van der Waals surface area contributed by atoms with E-state index in [1.165, 1.54) is 18.2 Å². The van der Waals surface area contributed by atoms with Gasteiger partial charge in [-0.05, 0) is 67.8 Å². The fraction of sp³-hybridized carbons (Fsp3) is 0.214. The summed E-state index contributed by atoms with van der Waals surface area (Å²) < 4.78 is 36.3. The van der Waals surface area contributed by atoms with Gasteiger partial charge in [-0.3, -0.25) is 4.79 Å². The van der Waals surface area contributed by atoms with Crippen molar-refractivity contribution in [1.82, 2.24) is 14.9 Å². The lowest BCUT2D eigenvalue weighted by atomic mass is 9.99. The molecule has 0 saturated carbocycles. The molecule has 0 aliphatic rings. The van der Waals surface area contributed by atoms with Crippen LogP contribution in [0.1, 0.15) is 41.4 Å². The van der Waals surface area contributed by atoms with Gasteiger partial charge in [0.1, 0.15) is 17.4 Å². The third-order valence-electron chi connectivity index (χ3n) is 5.56. The molecule has 1 N–H and O–H groups in total. The van der Waals surface area contributed by atoms with E-state index in [1.807, 2.05) is 32.9 Å². The summed E-state index contributed by atoms with van der Waals surface area (Å²) in [5, 5.41) is 2.97. The van der Waals surface area contributed by atoms with Crippen molar-refractivity contribution < 1.29 is 18.3 Å². The molecule has 0 fully saturated rings. The number of aryl methyl sites for hydroxylation is 1. The predicted octanol–water partition coefficient (Wildman–Crippen LogP) is 6.10. The van der Waals surface area contributed by atoms with Crippen molar-refractivity contribution in [2.75, 3.05) is 0 Å². The molecule has 0 radical (unpaired) electrons. The molecule has 180 valence electrons. The van der Waals surface area contributed by atoms with Crippen molar-refractivity contribution in [2.45, 2.75) is 39.5 Å². The number of aromatic nitrogens is 2. The summed E-state index contributed by atoms with van der Waals surface area (Å²) in [6.45, 7) is 5.99. The molecule has 1 amide bonds. The van der Waals surface area contributed by atoms with Gasteiger partial charge in [0.2, 0.25) is 0 Å². The first-order valence-electron chi connectivity index (χ1n) is 11.4. The number of carbonyl (C=O) groups excluding carboxylic acids is 1. The van der Waals surface area contributed by atoms with E-state index < -0.39 is 11.9 Å². The average Bonchev–Trinajstić information content (AvgIpc) is 3.32. The van der Waals surface area contributed by atoms with Gasteiger partial charge in [-0.2, -0.15) is 0 Å². The lowest BCUT2D eigenvalue weighted by Crippen LogP contribution is -2.32. The van der Waals surface area contributed by atoms with E-state index in [-0.39, 0.29) is 24.4 Å². The number of imidazole rings is 1. The number of hydrogen-bond acceptors (Lipinski definition) is 3. The van der Waals surface area contributed by atoms with E-state index in [0.717, 1.165) is 5.56 Å². The molecule has 7 heteroatoms. The normalized spacial score (nSPS) is 11.9. The molecule has 35 heavy (non-hydrogen) atoms. The van der Waals surface area contributed by atoms with Crippen molar-refractivity contribution in [3.63, 3.8) is 0 Å². The van der Waals surface area contributed by atoms with Crippen LogP contribution in [0, 0.1) is 18.6 Å². The van der Waals surface area contributed by atoms with E-state index in [2.05, 4.69) is 10.3 Å². The van der Waals surface area contributed by atoms with Crippen LogP contribution in [0.15, 0.2) is 79.4 Å². The summed E-state index contributed by atoms with van der Waals surface area (Å²) in [5.74, 6) is -0.718. The largest absolute Gasteiger partial charge is 0.490 e. The predicted molar refractivity (Wildman–Crippen MR) is 131 cm³/mol. The Balaban J connectivity index is 1.66.